The second-order valence-electron chi connectivity index (χ2n) is 3.61. The average Bonchev–Trinajstić information content (AvgIpc) is 2.91. The van der Waals surface area contributed by atoms with Crippen LogP contribution in [0.25, 0.3) is 0 Å². The smallest absolute Gasteiger partial charge is 0.148 e. The lowest BCUT2D eigenvalue weighted by atomic mass is 9.78. The van der Waals surface area contributed by atoms with E-state index in [1.54, 1.807) is 0 Å². The van der Waals surface area contributed by atoms with Crippen molar-refractivity contribution in [3.05, 3.63) is 0 Å². The number of hydrogen-bond acceptors (Lipinski definition) is 6. The standard InChI is InChI=1S/C7H12O6/c8-2-3(9)5(11)7(1-13-7)6(12)4(2)10/h2-6,8-12H,1H2/t2?,3-,4+,5+,6-,7?. The molecule has 0 amide bonds. The van der Waals surface area contributed by atoms with Gasteiger partial charge >= 0.3 is 0 Å². The molecule has 1 saturated carbocycles. The number of rotatable bonds is 0. The summed E-state index contributed by atoms with van der Waals surface area (Å²) in [5.41, 5.74) is -1.28. The zero-order valence-corrected chi connectivity index (χ0v) is 6.74. The molecule has 6 heteroatoms. The molecule has 5 N–H and O–H groups in total. The van der Waals surface area contributed by atoms with Crippen LogP contribution >= 0.6 is 0 Å². The summed E-state index contributed by atoms with van der Waals surface area (Å²) in [6.45, 7) is 0.0795. The van der Waals surface area contributed by atoms with Crippen molar-refractivity contribution in [2.24, 2.45) is 0 Å². The zero-order chi connectivity index (χ0) is 9.80. The van der Waals surface area contributed by atoms with Crippen LogP contribution in [0.3, 0.4) is 0 Å². The second kappa shape index (κ2) is 2.63. The van der Waals surface area contributed by atoms with Crippen molar-refractivity contribution in [2.45, 2.75) is 36.1 Å². The van der Waals surface area contributed by atoms with E-state index in [2.05, 4.69) is 0 Å². The largest absolute Gasteiger partial charge is 0.387 e. The predicted octanol–water partition coefficient (Wildman–Crippen LogP) is -3.43. The van der Waals surface area contributed by atoms with Gasteiger partial charge in [-0.2, -0.15) is 0 Å². The Labute approximate surface area is 74.0 Å². The highest BCUT2D eigenvalue weighted by atomic mass is 16.6. The van der Waals surface area contributed by atoms with E-state index in [0.717, 1.165) is 0 Å². The Kier molecular flexibility index (Phi) is 1.88. The van der Waals surface area contributed by atoms with Crippen LogP contribution < -0.4 is 0 Å². The third-order valence-corrected chi connectivity index (χ3v) is 2.83. The lowest BCUT2D eigenvalue weighted by Gasteiger charge is -2.40. The topological polar surface area (TPSA) is 114 Å². The van der Waals surface area contributed by atoms with Crippen molar-refractivity contribution in [2.75, 3.05) is 6.61 Å². The molecule has 0 bridgehead atoms. The number of hydrogen-bond donors (Lipinski definition) is 5. The quantitative estimate of drug-likeness (QED) is 0.255. The highest BCUT2D eigenvalue weighted by Gasteiger charge is 2.66. The number of ether oxygens (including phenoxy) is 1. The lowest BCUT2D eigenvalue weighted by Crippen LogP contribution is -2.65. The first-order valence-electron chi connectivity index (χ1n) is 4.05. The summed E-state index contributed by atoms with van der Waals surface area (Å²) >= 11 is 0. The third-order valence-electron chi connectivity index (χ3n) is 2.83. The molecular formula is C7H12O6. The molecule has 6 nitrogen and oxygen atoms in total. The molecule has 1 aliphatic heterocycles. The minimum absolute atomic E-state index is 0.0795. The maximum Gasteiger partial charge on any atom is 0.148 e. The van der Waals surface area contributed by atoms with Gasteiger partial charge in [-0.15, -0.1) is 0 Å². The van der Waals surface area contributed by atoms with E-state index in [4.69, 9.17) is 4.74 Å². The van der Waals surface area contributed by atoms with Gasteiger partial charge in [-0.05, 0) is 0 Å². The molecular weight excluding hydrogens is 180 g/mol. The van der Waals surface area contributed by atoms with Crippen molar-refractivity contribution in [3.63, 3.8) is 0 Å². The van der Waals surface area contributed by atoms with Crippen molar-refractivity contribution < 1.29 is 30.3 Å². The fraction of sp³-hybridized carbons (Fsp3) is 1.00. The first-order valence-corrected chi connectivity index (χ1v) is 4.05. The van der Waals surface area contributed by atoms with Crippen LogP contribution in [0, 0.1) is 0 Å². The van der Waals surface area contributed by atoms with E-state index in [-0.39, 0.29) is 6.61 Å². The van der Waals surface area contributed by atoms with Gasteiger partial charge in [-0.1, -0.05) is 0 Å². The average molecular weight is 192 g/mol. The fourth-order valence-electron chi connectivity index (χ4n) is 1.75. The highest BCUT2D eigenvalue weighted by Crippen LogP contribution is 2.42. The summed E-state index contributed by atoms with van der Waals surface area (Å²) in [6.07, 6.45) is -7.23. The highest BCUT2D eigenvalue weighted by molar-refractivity contribution is 5.15. The maximum atomic E-state index is 9.42. The minimum Gasteiger partial charge on any atom is -0.387 e. The summed E-state index contributed by atoms with van der Waals surface area (Å²) in [6, 6.07) is 0. The SMILES string of the molecule is OC1[C@@H](O)[C@H](O)C2(CO2)[C@H](O)[C@H]1O. The Bertz CT molecular complexity index is 197. The maximum absolute atomic E-state index is 9.42. The van der Waals surface area contributed by atoms with Crippen molar-refractivity contribution in [1.29, 1.82) is 0 Å². The Morgan fingerprint density at radius 2 is 1.23 bits per heavy atom. The first-order chi connectivity index (χ1) is 6.00. The molecule has 2 rings (SSSR count). The van der Waals surface area contributed by atoms with Crippen molar-refractivity contribution >= 4 is 0 Å². The molecule has 1 heterocycles. The number of aliphatic hydroxyl groups is 5. The normalized spacial score (nSPS) is 61.2. The Morgan fingerprint density at radius 1 is 0.846 bits per heavy atom. The Balaban J connectivity index is 2.24. The van der Waals surface area contributed by atoms with Crippen LogP contribution in [0.4, 0.5) is 0 Å². The summed E-state index contributed by atoms with van der Waals surface area (Å²) in [4.78, 5) is 0. The molecule has 76 valence electrons. The van der Waals surface area contributed by atoms with Gasteiger partial charge in [-0.3, -0.25) is 0 Å². The summed E-state index contributed by atoms with van der Waals surface area (Å²) < 4.78 is 4.82. The number of aliphatic hydroxyl groups excluding tert-OH is 5. The van der Waals surface area contributed by atoms with Crippen LogP contribution in [-0.4, -0.2) is 68.3 Å². The first kappa shape index (κ1) is 9.32. The van der Waals surface area contributed by atoms with Gasteiger partial charge in [-0.25, -0.2) is 0 Å². The zero-order valence-electron chi connectivity index (χ0n) is 6.74. The molecule has 1 saturated heterocycles. The Hall–Kier alpha value is -0.240. The van der Waals surface area contributed by atoms with Gasteiger partial charge in [0.1, 0.15) is 36.1 Å². The molecule has 2 aliphatic rings. The third kappa shape index (κ3) is 1.04. The van der Waals surface area contributed by atoms with Crippen LogP contribution in [0.5, 0.6) is 0 Å². The molecule has 0 radical (unpaired) electrons. The van der Waals surface area contributed by atoms with E-state index in [1.807, 2.05) is 0 Å². The monoisotopic (exact) mass is 192 g/mol. The molecule has 1 spiro atoms. The molecule has 2 fully saturated rings. The lowest BCUT2D eigenvalue weighted by molar-refractivity contribution is -0.209. The van der Waals surface area contributed by atoms with Gasteiger partial charge in [0.05, 0.1) is 6.61 Å². The molecule has 0 aromatic rings. The molecule has 6 atom stereocenters. The van der Waals surface area contributed by atoms with Gasteiger partial charge in [0.25, 0.3) is 0 Å². The molecule has 1 aliphatic carbocycles. The van der Waals surface area contributed by atoms with E-state index in [9.17, 15) is 25.5 Å². The molecule has 13 heavy (non-hydrogen) atoms. The van der Waals surface area contributed by atoms with Crippen LogP contribution in [-0.2, 0) is 4.74 Å². The summed E-state index contributed by atoms with van der Waals surface area (Å²) in [7, 11) is 0. The molecule has 2 unspecified atom stereocenters. The van der Waals surface area contributed by atoms with Crippen LogP contribution in [0.1, 0.15) is 0 Å². The van der Waals surface area contributed by atoms with E-state index >= 15 is 0 Å². The molecule has 0 aromatic heterocycles. The van der Waals surface area contributed by atoms with Crippen LogP contribution in [0.2, 0.25) is 0 Å². The predicted molar refractivity (Wildman–Crippen MR) is 38.7 cm³/mol. The van der Waals surface area contributed by atoms with Crippen molar-refractivity contribution in [1.82, 2.24) is 0 Å². The Morgan fingerprint density at radius 3 is 1.54 bits per heavy atom. The van der Waals surface area contributed by atoms with E-state index in [1.165, 1.54) is 0 Å². The minimum atomic E-state index is -1.54. The van der Waals surface area contributed by atoms with Crippen LogP contribution in [0.15, 0.2) is 0 Å². The van der Waals surface area contributed by atoms with Gasteiger partial charge in [0, 0.05) is 0 Å². The van der Waals surface area contributed by atoms with Gasteiger partial charge < -0.3 is 30.3 Å². The summed E-state index contributed by atoms with van der Waals surface area (Å²) in [5.74, 6) is 0. The van der Waals surface area contributed by atoms with Crippen molar-refractivity contribution in [3.8, 4) is 0 Å². The van der Waals surface area contributed by atoms with E-state index < -0.39 is 36.1 Å². The molecule has 0 aromatic carbocycles. The van der Waals surface area contributed by atoms with E-state index in [0.29, 0.717) is 0 Å². The van der Waals surface area contributed by atoms with Gasteiger partial charge in [0.15, 0.2) is 0 Å². The second-order valence-corrected chi connectivity index (χ2v) is 3.61. The van der Waals surface area contributed by atoms with Gasteiger partial charge in [0.2, 0.25) is 0 Å². The summed E-state index contributed by atoms with van der Waals surface area (Å²) in [5, 5.41) is 46.5. The number of epoxide rings is 1. The fourth-order valence-corrected chi connectivity index (χ4v) is 1.75.